The molecule has 0 aliphatic heterocycles. The minimum atomic E-state index is -5.27. The second-order valence-corrected chi connectivity index (χ2v) is 16.7. The standard InChI is InChI=1S/C29H20ClN9O12S4.4Na/c30-27-33-28(31)35-29(34-27)32-21-6-7-22(17-4-1-14(11-19(17)21)52(40,41)42)36-37-23-8-9-24(20-12-15(53(43,44)45)2-5-18(20)23)38-39-25-13-16(54(46,47)48)3-10-26(25)55(49,50)51;;;;/h1-13H,(H,40,41,42)(H,43,44,45)(H,46,47,48)(H,49,50,51)(H3,31,32,33,34,35);;;;/q;4*+1/p-4. The molecule has 1 heterocycles. The van der Waals surface area contributed by atoms with Crippen molar-refractivity contribution in [1.82, 2.24) is 15.0 Å². The average Bonchev–Trinajstić information content (AvgIpc) is 3.08. The maximum atomic E-state index is 11.9. The molecule has 0 aliphatic carbocycles. The number of hydrogen-bond donors (Lipinski definition) is 2. The smallest absolute Gasteiger partial charge is 0.744 e. The largest absolute Gasteiger partial charge is 1.00 e. The van der Waals surface area contributed by atoms with Crippen LogP contribution >= 0.6 is 11.6 Å². The quantitative estimate of drug-likeness (QED) is 0.0732. The SMILES string of the molecule is Nc1nc(Cl)nc(Nc2ccc(N=Nc3ccc(N=Nc4cc(S(=O)(=O)[O-])ccc4S(=O)(=O)[O-])c4cc(S(=O)(=O)[O-])ccc34)c3ccc(S(=O)(=O)[O-])cc23)n1.[Na+].[Na+].[Na+].[Na+]. The summed E-state index contributed by atoms with van der Waals surface area (Å²) in [6.45, 7) is 0. The first kappa shape index (κ1) is 53.5. The van der Waals surface area contributed by atoms with Crippen LogP contribution in [0.5, 0.6) is 0 Å². The Kier molecular flexibility index (Phi) is 18.8. The van der Waals surface area contributed by atoms with Gasteiger partial charge in [-0.05, 0) is 78.3 Å². The van der Waals surface area contributed by atoms with Crippen molar-refractivity contribution in [2.24, 2.45) is 20.5 Å². The van der Waals surface area contributed by atoms with E-state index in [1.165, 1.54) is 36.4 Å². The monoisotopic (exact) mass is 937 g/mol. The molecule has 6 rings (SSSR count). The number of anilines is 3. The number of nitrogens with two attached hydrogens (primary N) is 1. The van der Waals surface area contributed by atoms with Gasteiger partial charge in [0, 0.05) is 27.2 Å². The number of nitrogen functional groups attached to an aromatic ring is 1. The second kappa shape index (κ2) is 20.7. The Bertz CT molecular complexity index is 3110. The fourth-order valence-electron chi connectivity index (χ4n) is 4.99. The van der Waals surface area contributed by atoms with E-state index in [4.69, 9.17) is 17.3 Å². The summed E-state index contributed by atoms with van der Waals surface area (Å²) in [5, 5.41) is 18.9. The number of azo groups is 2. The molecule has 0 unspecified atom stereocenters. The summed E-state index contributed by atoms with van der Waals surface area (Å²) in [7, 11) is -20.4. The number of hydrogen-bond acceptors (Lipinski definition) is 21. The fourth-order valence-corrected chi connectivity index (χ4v) is 7.23. The van der Waals surface area contributed by atoms with Gasteiger partial charge in [-0.25, -0.2) is 33.7 Å². The van der Waals surface area contributed by atoms with Gasteiger partial charge in [0.25, 0.3) is 0 Å². The zero-order valence-corrected chi connectivity index (χ0v) is 42.6. The van der Waals surface area contributed by atoms with E-state index in [2.05, 4.69) is 40.7 Å². The van der Waals surface area contributed by atoms with Gasteiger partial charge in [0.15, 0.2) is 0 Å². The molecule has 0 bridgehead atoms. The van der Waals surface area contributed by atoms with Crippen LogP contribution in [-0.2, 0) is 40.5 Å². The van der Waals surface area contributed by atoms with Gasteiger partial charge in [-0.2, -0.15) is 15.0 Å². The van der Waals surface area contributed by atoms with Gasteiger partial charge in [0.1, 0.15) is 46.2 Å². The van der Waals surface area contributed by atoms with Crippen LogP contribution in [0.15, 0.2) is 119 Å². The molecular weight excluding hydrogens is 922 g/mol. The molecule has 30 heteroatoms. The van der Waals surface area contributed by atoms with E-state index in [9.17, 15) is 51.9 Å². The van der Waals surface area contributed by atoms with Crippen molar-refractivity contribution < 1.29 is 170 Å². The van der Waals surface area contributed by atoms with Gasteiger partial charge in [0.05, 0.1) is 36.6 Å². The zero-order chi connectivity index (χ0) is 40.1. The Hall–Kier alpha value is -1.64. The topological polar surface area (TPSA) is 355 Å². The van der Waals surface area contributed by atoms with Crippen LogP contribution in [0.25, 0.3) is 21.5 Å². The molecule has 21 nitrogen and oxygen atoms in total. The van der Waals surface area contributed by atoms with E-state index in [1.54, 1.807) is 0 Å². The van der Waals surface area contributed by atoms with Crippen LogP contribution in [-0.4, -0.2) is 66.8 Å². The molecule has 284 valence electrons. The molecule has 0 saturated heterocycles. The Morgan fingerprint density at radius 1 is 0.492 bits per heavy atom. The van der Waals surface area contributed by atoms with Gasteiger partial charge in [-0.15, -0.1) is 20.5 Å². The van der Waals surface area contributed by atoms with Crippen molar-refractivity contribution in [1.29, 1.82) is 0 Å². The first-order valence-corrected chi connectivity index (χ1v) is 20.5. The van der Waals surface area contributed by atoms with Gasteiger partial charge in [-0.1, -0.05) is 12.1 Å². The Labute approximate surface area is 428 Å². The van der Waals surface area contributed by atoms with Crippen molar-refractivity contribution in [2.75, 3.05) is 11.1 Å². The first-order valence-electron chi connectivity index (χ1n) is 14.5. The molecule has 0 atom stereocenters. The number of aromatic nitrogens is 3. The van der Waals surface area contributed by atoms with Crippen LogP contribution in [0.4, 0.5) is 40.3 Å². The van der Waals surface area contributed by atoms with E-state index in [-0.39, 0.29) is 180 Å². The molecule has 0 saturated carbocycles. The number of benzene rings is 5. The average molecular weight is 938 g/mol. The Morgan fingerprint density at radius 2 is 0.915 bits per heavy atom. The summed E-state index contributed by atoms with van der Waals surface area (Å²) < 4.78 is 141. The normalized spacial score (nSPS) is 12.1. The van der Waals surface area contributed by atoms with Crippen molar-refractivity contribution in [3.05, 3.63) is 84.1 Å². The van der Waals surface area contributed by atoms with E-state index in [0.717, 1.165) is 24.3 Å². The molecule has 59 heavy (non-hydrogen) atoms. The maximum absolute atomic E-state index is 11.9. The third-order valence-corrected chi connectivity index (χ3v) is 10.9. The summed E-state index contributed by atoms with van der Waals surface area (Å²) in [6, 6.07) is 13.4. The summed E-state index contributed by atoms with van der Waals surface area (Å²) in [6.07, 6.45) is 0. The van der Waals surface area contributed by atoms with Crippen LogP contribution in [0, 0.1) is 0 Å². The number of nitrogens with one attached hydrogen (secondary N) is 1. The summed E-state index contributed by atoms with van der Waals surface area (Å²) in [5.41, 5.74) is 4.87. The molecule has 3 N–H and O–H groups in total. The summed E-state index contributed by atoms with van der Waals surface area (Å²) in [5.74, 6) is -0.357. The Balaban J connectivity index is 0.00000300. The zero-order valence-electron chi connectivity index (χ0n) is 30.6. The molecule has 0 radical (unpaired) electrons. The summed E-state index contributed by atoms with van der Waals surface area (Å²) in [4.78, 5) is 8.18. The molecule has 1 aromatic heterocycles. The van der Waals surface area contributed by atoms with Crippen molar-refractivity contribution in [2.45, 2.75) is 19.6 Å². The molecule has 0 fully saturated rings. The third-order valence-electron chi connectivity index (χ3n) is 7.38. The number of rotatable bonds is 10. The Morgan fingerprint density at radius 3 is 1.41 bits per heavy atom. The van der Waals surface area contributed by atoms with Gasteiger partial charge in [0.2, 0.25) is 17.2 Å². The molecule has 0 spiro atoms. The van der Waals surface area contributed by atoms with E-state index in [1.807, 2.05) is 0 Å². The second-order valence-electron chi connectivity index (χ2n) is 10.9. The van der Waals surface area contributed by atoms with E-state index >= 15 is 0 Å². The number of nitrogens with zero attached hydrogens (tertiary/aromatic N) is 7. The third kappa shape index (κ3) is 13.0. The number of fused-ring (bicyclic) bond motifs is 2. The molecular formula is C29H16ClN9Na4O12S4. The van der Waals surface area contributed by atoms with Gasteiger partial charge >= 0.3 is 118 Å². The van der Waals surface area contributed by atoms with Crippen molar-refractivity contribution >= 4 is 114 Å². The van der Waals surface area contributed by atoms with E-state index < -0.39 is 65.7 Å². The summed E-state index contributed by atoms with van der Waals surface area (Å²) >= 11 is 5.86. The van der Waals surface area contributed by atoms with Gasteiger partial charge in [-0.3, -0.25) is 0 Å². The fraction of sp³-hybridized carbons (Fsp3) is 0. The minimum Gasteiger partial charge on any atom is -0.744 e. The van der Waals surface area contributed by atoms with Crippen LogP contribution in [0.2, 0.25) is 5.28 Å². The minimum absolute atomic E-state index is 0. The van der Waals surface area contributed by atoms with Crippen LogP contribution < -0.4 is 129 Å². The predicted molar refractivity (Wildman–Crippen MR) is 187 cm³/mol. The van der Waals surface area contributed by atoms with Crippen LogP contribution in [0.3, 0.4) is 0 Å². The molecule has 6 aromatic rings. The number of halogens is 1. The van der Waals surface area contributed by atoms with Crippen LogP contribution in [0.1, 0.15) is 0 Å². The predicted octanol–water partition coefficient (Wildman–Crippen LogP) is -7.38. The van der Waals surface area contributed by atoms with Crippen molar-refractivity contribution in [3.8, 4) is 0 Å². The van der Waals surface area contributed by atoms with Gasteiger partial charge < -0.3 is 29.3 Å². The molecule has 5 aromatic carbocycles. The first-order chi connectivity index (χ1) is 25.6. The van der Waals surface area contributed by atoms with E-state index in [0.29, 0.717) is 18.2 Å². The molecule has 0 aliphatic rings. The molecule has 0 amide bonds. The van der Waals surface area contributed by atoms with Crippen molar-refractivity contribution in [3.63, 3.8) is 0 Å². The maximum Gasteiger partial charge on any atom is 1.00 e.